The second-order valence-corrected chi connectivity index (χ2v) is 8.39. The molecule has 0 radical (unpaired) electrons. The van der Waals surface area contributed by atoms with E-state index >= 15 is 0 Å². The van der Waals surface area contributed by atoms with Crippen molar-refractivity contribution in [3.8, 4) is 11.3 Å². The average molecular weight is 414 g/mol. The maximum atomic E-state index is 12.7. The highest BCUT2D eigenvalue weighted by Crippen LogP contribution is 2.26. The Hall–Kier alpha value is -3.11. The third kappa shape index (κ3) is 3.51. The third-order valence-electron chi connectivity index (χ3n) is 4.23. The van der Waals surface area contributed by atoms with Gasteiger partial charge in [0.05, 0.1) is 10.6 Å². The van der Waals surface area contributed by atoms with Crippen LogP contribution in [0.3, 0.4) is 0 Å². The zero-order chi connectivity index (χ0) is 19.7. The predicted molar refractivity (Wildman–Crippen MR) is 104 cm³/mol. The molecule has 0 spiro atoms. The summed E-state index contributed by atoms with van der Waals surface area (Å²) in [5.74, 6) is -0.570. The molecule has 4 rings (SSSR count). The summed E-state index contributed by atoms with van der Waals surface area (Å²) in [5.41, 5.74) is 2.16. The van der Waals surface area contributed by atoms with Crippen molar-refractivity contribution in [3.05, 3.63) is 53.9 Å². The number of hydrogen-bond donors (Lipinski definition) is 1. The number of amides is 2. The number of carbonyl (C=O) groups excluding carboxylic acids is 2. The van der Waals surface area contributed by atoms with Gasteiger partial charge < -0.3 is 0 Å². The van der Waals surface area contributed by atoms with Crippen LogP contribution in [0.15, 0.2) is 58.8 Å². The van der Waals surface area contributed by atoms with Gasteiger partial charge in [-0.15, -0.1) is 5.10 Å². The maximum absolute atomic E-state index is 12.7. The van der Waals surface area contributed by atoms with Crippen LogP contribution in [0.5, 0.6) is 0 Å². The summed E-state index contributed by atoms with van der Waals surface area (Å²) in [4.78, 5) is 24.7. The number of nitrogens with one attached hydrogen (secondary N) is 1. The van der Waals surface area contributed by atoms with Crippen molar-refractivity contribution in [2.75, 3.05) is 9.62 Å². The van der Waals surface area contributed by atoms with Crippen LogP contribution in [-0.4, -0.2) is 29.8 Å². The first-order valence-electron chi connectivity index (χ1n) is 8.30. The van der Waals surface area contributed by atoms with E-state index < -0.39 is 10.0 Å². The number of anilines is 2. The van der Waals surface area contributed by atoms with Gasteiger partial charge in [-0.05, 0) is 47.9 Å². The Balaban J connectivity index is 1.56. The van der Waals surface area contributed by atoms with Gasteiger partial charge in [-0.3, -0.25) is 19.2 Å². The summed E-state index contributed by atoms with van der Waals surface area (Å²) in [6.45, 7) is 0. The average Bonchev–Trinajstić information content (AvgIpc) is 3.32. The lowest BCUT2D eigenvalue weighted by molar-refractivity contribution is -0.121. The molecule has 1 aliphatic rings. The van der Waals surface area contributed by atoms with E-state index in [0.29, 0.717) is 17.1 Å². The summed E-state index contributed by atoms with van der Waals surface area (Å²) in [6.07, 6.45) is 0.344. The van der Waals surface area contributed by atoms with E-state index in [0.717, 1.165) is 10.5 Å². The number of rotatable bonds is 5. The van der Waals surface area contributed by atoms with Crippen LogP contribution in [0, 0.1) is 0 Å². The molecule has 0 atom stereocenters. The first-order valence-corrected chi connectivity index (χ1v) is 10.6. The van der Waals surface area contributed by atoms with Crippen LogP contribution in [0.4, 0.5) is 11.4 Å². The van der Waals surface area contributed by atoms with Gasteiger partial charge in [0.25, 0.3) is 10.0 Å². The normalized spacial score (nSPS) is 14.5. The van der Waals surface area contributed by atoms with Crippen molar-refractivity contribution in [2.45, 2.75) is 17.7 Å². The summed E-state index contributed by atoms with van der Waals surface area (Å²) >= 11 is 1.21. The molecule has 1 fully saturated rings. The van der Waals surface area contributed by atoms with Crippen LogP contribution in [0.25, 0.3) is 11.3 Å². The van der Waals surface area contributed by atoms with Gasteiger partial charge in [0.2, 0.25) is 11.8 Å². The quantitative estimate of drug-likeness (QED) is 0.643. The van der Waals surface area contributed by atoms with Gasteiger partial charge in [-0.25, -0.2) is 8.42 Å². The Kier molecular flexibility index (Phi) is 4.65. The summed E-state index contributed by atoms with van der Waals surface area (Å²) in [7, 11) is -3.84. The second-order valence-electron chi connectivity index (χ2n) is 6.09. The molecule has 0 bridgehead atoms. The molecular weight excluding hydrogens is 400 g/mol. The molecule has 10 heteroatoms. The maximum Gasteiger partial charge on any atom is 0.261 e. The molecule has 0 saturated carbocycles. The zero-order valence-corrected chi connectivity index (χ0v) is 16.0. The minimum Gasteiger partial charge on any atom is -0.280 e. The highest BCUT2D eigenvalue weighted by atomic mass is 32.2. The van der Waals surface area contributed by atoms with Crippen LogP contribution in [-0.2, 0) is 19.6 Å². The van der Waals surface area contributed by atoms with Gasteiger partial charge in [0, 0.05) is 29.5 Å². The molecule has 0 unspecified atom stereocenters. The molecule has 1 aromatic heterocycles. The molecule has 2 amide bonds. The molecule has 2 heterocycles. The Bertz CT molecular complexity index is 1130. The molecule has 2 aromatic carbocycles. The lowest BCUT2D eigenvalue weighted by atomic mass is 10.1. The van der Waals surface area contributed by atoms with E-state index in [4.69, 9.17) is 0 Å². The van der Waals surface area contributed by atoms with Crippen LogP contribution in [0.2, 0.25) is 0 Å². The second kappa shape index (κ2) is 7.13. The number of aromatic nitrogens is 2. The van der Waals surface area contributed by atoms with Crippen molar-refractivity contribution in [2.24, 2.45) is 0 Å². The largest absolute Gasteiger partial charge is 0.280 e. The monoisotopic (exact) mass is 414 g/mol. The molecule has 3 aromatic rings. The number of benzene rings is 2. The molecule has 1 aliphatic heterocycles. The first-order chi connectivity index (χ1) is 13.4. The molecule has 0 aliphatic carbocycles. The lowest BCUT2D eigenvalue weighted by Crippen LogP contribution is -2.28. The van der Waals surface area contributed by atoms with Gasteiger partial charge in [-0.1, -0.05) is 16.6 Å². The highest BCUT2D eigenvalue weighted by molar-refractivity contribution is 7.92. The Labute approximate surface area is 165 Å². The topological polar surface area (TPSA) is 109 Å². The molecule has 1 saturated heterocycles. The SMILES string of the molecule is O=C1CCC(=O)N1c1ccc(S(=O)(=O)Nc2cccc(-c3csnn3)c2)cc1. The van der Waals surface area contributed by atoms with Crippen molar-refractivity contribution in [3.63, 3.8) is 0 Å². The van der Waals surface area contributed by atoms with Crippen LogP contribution >= 0.6 is 11.5 Å². The van der Waals surface area contributed by atoms with Crippen molar-refractivity contribution < 1.29 is 18.0 Å². The highest BCUT2D eigenvalue weighted by Gasteiger charge is 2.30. The number of sulfonamides is 1. The smallest absolute Gasteiger partial charge is 0.261 e. The summed E-state index contributed by atoms with van der Waals surface area (Å²) in [6, 6.07) is 12.5. The van der Waals surface area contributed by atoms with E-state index in [1.807, 2.05) is 6.07 Å². The fourth-order valence-corrected chi connectivity index (χ4v) is 4.40. The van der Waals surface area contributed by atoms with E-state index in [2.05, 4.69) is 14.3 Å². The van der Waals surface area contributed by atoms with E-state index in [-0.39, 0.29) is 29.6 Å². The van der Waals surface area contributed by atoms with Gasteiger partial charge in [0.15, 0.2) is 0 Å². The van der Waals surface area contributed by atoms with Crippen LogP contribution < -0.4 is 9.62 Å². The fraction of sp³-hybridized carbons (Fsp3) is 0.111. The number of imide groups is 1. The Morgan fingerprint density at radius 1 is 1.00 bits per heavy atom. The Morgan fingerprint density at radius 3 is 2.36 bits per heavy atom. The van der Waals surface area contributed by atoms with E-state index in [1.54, 1.807) is 23.6 Å². The number of hydrogen-bond acceptors (Lipinski definition) is 7. The van der Waals surface area contributed by atoms with Gasteiger partial charge in [0.1, 0.15) is 5.69 Å². The minimum absolute atomic E-state index is 0.0241. The zero-order valence-electron chi connectivity index (χ0n) is 14.4. The third-order valence-corrected chi connectivity index (χ3v) is 6.13. The van der Waals surface area contributed by atoms with E-state index in [9.17, 15) is 18.0 Å². The molecular formula is C18H14N4O4S2. The first kappa shape index (κ1) is 18.3. The predicted octanol–water partition coefficient (Wildman–Crippen LogP) is 2.66. The number of nitrogens with zero attached hydrogens (tertiary/aromatic N) is 3. The van der Waals surface area contributed by atoms with Crippen LogP contribution in [0.1, 0.15) is 12.8 Å². The Morgan fingerprint density at radius 2 is 1.71 bits per heavy atom. The van der Waals surface area contributed by atoms with Crippen molar-refractivity contribution in [1.82, 2.24) is 9.59 Å². The summed E-state index contributed by atoms with van der Waals surface area (Å²) < 4.78 is 31.7. The van der Waals surface area contributed by atoms with Gasteiger partial charge in [-0.2, -0.15) is 0 Å². The fourth-order valence-electron chi connectivity index (χ4n) is 2.89. The van der Waals surface area contributed by atoms with Crippen molar-refractivity contribution in [1.29, 1.82) is 0 Å². The molecule has 28 heavy (non-hydrogen) atoms. The van der Waals surface area contributed by atoms with Crippen molar-refractivity contribution >= 4 is 44.7 Å². The lowest BCUT2D eigenvalue weighted by Gasteiger charge is -2.14. The molecule has 8 nitrogen and oxygen atoms in total. The number of carbonyl (C=O) groups is 2. The molecule has 142 valence electrons. The van der Waals surface area contributed by atoms with E-state index in [1.165, 1.54) is 35.8 Å². The standard InChI is InChI=1S/C18H14N4O4S2/c23-17-8-9-18(24)22(17)14-4-6-15(7-5-14)28(25,26)20-13-3-1-2-12(10-13)16-11-27-21-19-16/h1-7,10-11,20H,8-9H2. The molecule has 1 N–H and O–H groups in total. The minimum atomic E-state index is -3.84. The van der Waals surface area contributed by atoms with Gasteiger partial charge >= 0.3 is 0 Å². The summed E-state index contributed by atoms with van der Waals surface area (Å²) in [5, 5.41) is 5.74.